The number of nitrogens with two attached hydrogens (primary N) is 1. The van der Waals surface area contributed by atoms with Crippen molar-refractivity contribution in [3.05, 3.63) is 63.6 Å². The van der Waals surface area contributed by atoms with E-state index in [1.165, 1.54) is 0 Å². The second-order valence-corrected chi connectivity index (χ2v) is 5.76. The average molecular weight is 325 g/mol. The van der Waals surface area contributed by atoms with Gasteiger partial charge in [-0.2, -0.15) is 0 Å². The molecule has 0 spiro atoms. The average Bonchev–Trinajstić information content (AvgIpc) is 2.42. The number of rotatable bonds is 4. The van der Waals surface area contributed by atoms with Crippen molar-refractivity contribution in [2.24, 2.45) is 5.73 Å². The zero-order valence-electron chi connectivity index (χ0n) is 10.9. The lowest BCUT2D eigenvalue weighted by Gasteiger charge is -2.22. The minimum atomic E-state index is 0.379. The Morgan fingerprint density at radius 3 is 2.60 bits per heavy atom. The first-order chi connectivity index (χ1) is 9.49. The highest BCUT2D eigenvalue weighted by atomic mass is 35.5. The summed E-state index contributed by atoms with van der Waals surface area (Å²) < 4.78 is 0. The summed E-state index contributed by atoms with van der Waals surface area (Å²) in [6.07, 6.45) is 0. The first-order valence-corrected chi connectivity index (χ1v) is 7.19. The Hall–Kier alpha value is -1.29. The summed E-state index contributed by atoms with van der Waals surface area (Å²) in [6.45, 7) is 0.624. The molecule has 2 N–H and O–H groups in total. The van der Waals surface area contributed by atoms with Crippen molar-refractivity contribution < 1.29 is 0 Å². The number of nitrogens with zero attached hydrogens (tertiary/aromatic N) is 1. The minimum absolute atomic E-state index is 0.379. The van der Waals surface area contributed by atoms with Crippen molar-refractivity contribution >= 4 is 46.1 Å². The quantitative estimate of drug-likeness (QED) is 0.852. The molecule has 2 rings (SSSR count). The van der Waals surface area contributed by atoms with E-state index in [4.69, 9.17) is 41.2 Å². The fourth-order valence-electron chi connectivity index (χ4n) is 2.02. The van der Waals surface area contributed by atoms with E-state index >= 15 is 0 Å². The first-order valence-electron chi connectivity index (χ1n) is 6.03. The molecule has 104 valence electrons. The standard InChI is InChI=1S/C15H14Cl2N2S/c1-19(9-10-8-11(16)6-7-13(10)17)14-5-3-2-4-12(14)15(18)20/h2-8H,9H2,1H3,(H2,18,20). The molecular weight excluding hydrogens is 311 g/mol. The molecule has 0 saturated carbocycles. The lowest BCUT2D eigenvalue weighted by atomic mass is 10.1. The van der Waals surface area contributed by atoms with Gasteiger partial charge in [-0.1, -0.05) is 47.6 Å². The highest BCUT2D eigenvalue weighted by molar-refractivity contribution is 7.80. The molecule has 0 unspecified atom stereocenters. The highest BCUT2D eigenvalue weighted by Gasteiger charge is 2.11. The molecular formula is C15H14Cl2N2S. The monoisotopic (exact) mass is 324 g/mol. The third-order valence-electron chi connectivity index (χ3n) is 3.00. The number of anilines is 1. The Morgan fingerprint density at radius 1 is 1.20 bits per heavy atom. The summed E-state index contributed by atoms with van der Waals surface area (Å²) in [6, 6.07) is 13.2. The summed E-state index contributed by atoms with van der Waals surface area (Å²) in [5, 5.41) is 1.36. The Bertz CT molecular complexity index is 644. The van der Waals surface area contributed by atoms with E-state index in [1.54, 1.807) is 12.1 Å². The van der Waals surface area contributed by atoms with Crippen LogP contribution in [0.3, 0.4) is 0 Å². The molecule has 2 aromatic carbocycles. The smallest absolute Gasteiger partial charge is 0.106 e. The van der Waals surface area contributed by atoms with Gasteiger partial charge in [0.15, 0.2) is 0 Å². The SMILES string of the molecule is CN(Cc1cc(Cl)ccc1Cl)c1ccccc1C(N)=S. The largest absolute Gasteiger partial charge is 0.389 e. The van der Waals surface area contributed by atoms with Crippen LogP contribution in [0.5, 0.6) is 0 Å². The predicted octanol–water partition coefficient (Wildman–Crippen LogP) is 4.26. The van der Waals surface area contributed by atoms with Crippen LogP contribution in [0.4, 0.5) is 5.69 Å². The minimum Gasteiger partial charge on any atom is -0.389 e. The summed E-state index contributed by atoms with van der Waals surface area (Å²) in [7, 11) is 1.97. The molecule has 0 aliphatic rings. The Morgan fingerprint density at radius 2 is 1.90 bits per heavy atom. The number of hydrogen-bond acceptors (Lipinski definition) is 2. The van der Waals surface area contributed by atoms with Gasteiger partial charge in [-0.25, -0.2) is 0 Å². The van der Waals surface area contributed by atoms with E-state index in [2.05, 4.69) is 0 Å². The van der Waals surface area contributed by atoms with Gasteiger partial charge >= 0.3 is 0 Å². The normalized spacial score (nSPS) is 10.3. The van der Waals surface area contributed by atoms with Gasteiger partial charge in [0.05, 0.1) is 0 Å². The van der Waals surface area contributed by atoms with Crippen LogP contribution in [0.1, 0.15) is 11.1 Å². The van der Waals surface area contributed by atoms with Crippen molar-refractivity contribution in [2.45, 2.75) is 6.54 Å². The Kier molecular flexibility index (Phi) is 4.86. The molecule has 0 aliphatic carbocycles. The molecule has 0 radical (unpaired) electrons. The lowest BCUT2D eigenvalue weighted by molar-refractivity contribution is 0.922. The van der Waals surface area contributed by atoms with Gasteiger partial charge in [-0.05, 0) is 35.9 Å². The van der Waals surface area contributed by atoms with Gasteiger partial charge in [0, 0.05) is 34.9 Å². The molecule has 20 heavy (non-hydrogen) atoms. The predicted molar refractivity (Wildman–Crippen MR) is 90.9 cm³/mol. The molecule has 0 aliphatic heterocycles. The number of para-hydroxylation sites is 1. The van der Waals surface area contributed by atoms with Crippen LogP contribution in [0.2, 0.25) is 10.0 Å². The lowest BCUT2D eigenvalue weighted by Crippen LogP contribution is -2.21. The van der Waals surface area contributed by atoms with Crippen molar-refractivity contribution in [1.29, 1.82) is 0 Å². The topological polar surface area (TPSA) is 29.3 Å². The van der Waals surface area contributed by atoms with E-state index < -0.39 is 0 Å². The maximum absolute atomic E-state index is 6.19. The summed E-state index contributed by atoms with van der Waals surface area (Å²) >= 11 is 17.3. The zero-order valence-corrected chi connectivity index (χ0v) is 13.3. The number of halogens is 2. The number of thiocarbonyl (C=S) groups is 1. The third kappa shape index (κ3) is 3.42. The van der Waals surface area contributed by atoms with E-state index in [0.717, 1.165) is 16.8 Å². The van der Waals surface area contributed by atoms with Gasteiger partial charge in [0.2, 0.25) is 0 Å². The maximum Gasteiger partial charge on any atom is 0.106 e. The van der Waals surface area contributed by atoms with Crippen LogP contribution in [0.25, 0.3) is 0 Å². The summed E-state index contributed by atoms with van der Waals surface area (Å²) in [4.78, 5) is 2.43. The van der Waals surface area contributed by atoms with Gasteiger partial charge in [0.1, 0.15) is 4.99 Å². The van der Waals surface area contributed by atoms with Crippen molar-refractivity contribution in [3.8, 4) is 0 Å². The fraction of sp³-hybridized carbons (Fsp3) is 0.133. The number of hydrogen-bond donors (Lipinski definition) is 1. The van der Waals surface area contributed by atoms with E-state index in [-0.39, 0.29) is 0 Å². The molecule has 0 saturated heterocycles. The van der Waals surface area contributed by atoms with E-state index in [9.17, 15) is 0 Å². The molecule has 2 aromatic rings. The van der Waals surface area contributed by atoms with Gasteiger partial charge < -0.3 is 10.6 Å². The third-order valence-corrected chi connectivity index (χ3v) is 3.82. The van der Waals surface area contributed by atoms with Crippen LogP contribution in [-0.4, -0.2) is 12.0 Å². The zero-order chi connectivity index (χ0) is 14.7. The number of benzene rings is 2. The van der Waals surface area contributed by atoms with Crippen LogP contribution >= 0.6 is 35.4 Å². The van der Waals surface area contributed by atoms with Crippen molar-refractivity contribution in [2.75, 3.05) is 11.9 Å². The van der Waals surface area contributed by atoms with Crippen LogP contribution in [-0.2, 0) is 6.54 Å². The molecule has 0 aromatic heterocycles. The summed E-state index contributed by atoms with van der Waals surface area (Å²) in [5.41, 5.74) is 8.53. The Balaban J connectivity index is 2.31. The van der Waals surface area contributed by atoms with Gasteiger partial charge in [-0.15, -0.1) is 0 Å². The highest BCUT2D eigenvalue weighted by Crippen LogP contribution is 2.25. The van der Waals surface area contributed by atoms with Crippen LogP contribution in [0, 0.1) is 0 Å². The van der Waals surface area contributed by atoms with E-state index in [0.29, 0.717) is 21.6 Å². The fourth-order valence-corrected chi connectivity index (χ4v) is 2.56. The molecule has 0 bridgehead atoms. The second-order valence-electron chi connectivity index (χ2n) is 4.47. The molecule has 2 nitrogen and oxygen atoms in total. The summed E-state index contributed by atoms with van der Waals surface area (Å²) in [5.74, 6) is 0. The molecule has 5 heteroatoms. The van der Waals surface area contributed by atoms with Gasteiger partial charge in [0.25, 0.3) is 0 Å². The first kappa shape index (κ1) is 15.1. The van der Waals surface area contributed by atoms with Crippen molar-refractivity contribution in [3.63, 3.8) is 0 Å². The Labute approximate surface area is 134 Å². The van der Waals surface area contributed by atoms with Crippen LogP contribution < -0.4 is 10.6 Å². The molecule has 0 heterocycles. The molecule has 0 atom stereocenters. The maximum atomic E-state index is 6.19. The molecule has 0 amide bonds. The van der Waals surface area contributed by atoms with Crippen LogP contribution in [0.15, 0.2) is 42.5 Å². The molecule has 0 fully saturated rings. The van der Waals surface area contributed by atoms with E-state index in [1.807, 2.05) is 42.3 Å². The van der Waals surface area contributed by atoms with Gasteiger partial charge in [-0.3, -0.25) is 0 Å². The second kappa shape index (κ2) is 6.44. The van der Waals surface area contributed by atoms with Crippen molar-refractivity contribution in [1.82, 2.24) is 0 Å².